The molecule has 4 atom stereocenters. The van der Waals surface area contributed by atoms with Gasteiger partial charge < -0.3 is 30.5 Å². The van der Waals surface area contributed by atoms with Crippen molar-refractivity contribution in [2.75, 3.05) is 19.0 Å². The molecule has 0 aromatic rings. The topological polar surface area (TPSA) is 160 Å². The highest BCUT2D eigenvalue weighted by molar-refractivity contribution is 6.18. The number of nitrogens with one attached hydrogen (secondary N) is 1. The van der Waals surface area contributed by atoms with Crippen molar-refractivity contribution in [3.05, 3.63) is 4.91 Å². The fourth-order valence-corrected chi connectivity index (χ4v) is 1.38. The molecule has 10 nitrogen and oxygen atoms in total. The Morgan fingerprint density at radius 3 is 2.35 bits per heavy atom. The summed E-state index contributed by atoms with van der Waals surface area (Å²) in [5.41, 5.74) is 0. The normalized spacial score (nSPS) is 16.6. The Labute approximate surface area is 118 Å². The van der Waals surface area contributed by atoms with E-state index >= 15 is 0 Å². The number of alkyl halides is 1. The first-order valence-corrected chi connectivity index (χ1v) is 6.04. The molecule has 0 aromatic carbocycles. The standard InChI is InChI=1S/C9H16ClN3O7/c10-1-2-13(12-20)9(19)11-5(3-14)7(17)8(18)6(16)4-15/h3,5-8,15-18H,1-2,4H2,(H,11,19)/t5-,6-,7-,8-/m1/s1. The van der Waals surface area contributed by atoms with Crippen molar-refractivity contribution in [3.63, 3.8) is 0 Å². The number of halogens is 1. The van der Waals surface area contributed by atoms with Crippen LogP contribution in [-0.2, 0) is 4.79 Å². The van der Waals surface area contributed by atoms with E-state index in [9.17, 15) is 24.7 Å². The predicted octanol–water partition coefficient (Wildman–Crippen LogP) is -2.44. The number of nitroso groups, excluding NO2 is 1. The molecule has 0 saturated heterocycles. The van der Waals surface area contributed by atoms with E-state index < -0.39 is 37.0 Å². The van der Waals surface area contributed by atoms with Gasteiger partial charge in [0.2, 0.25) is 0 Å². The van der Waals surface area contributed by atoms with Crippen molar-refractivity contribution in [3.8, 4) is 0 Å². The largest absolute Gasteiger partial charge is 0.394 e. The van der Waals surface area contributed by atoms with Gasteiger partial charge >= 0.3 is 6.03 Å². The second-order valence-corrected chi connectivity index (χ2v) is 4.11. The average molecular weight is 314 g/mol. The lowest BCUT2D eigenvalue weighted by Gasteiger charge is -2.26. The molecule has 0 radical (unpaired) electrons. The first kappa shape index (κ1) is 18.7. The number of aliphatic hydroxyl groups is 4. The van der Waals surface area contributed by atoms with E-state index in [0.717, 1.165) is 0 Å². The molecule has 0 rings (SSSR count). The molecule has 0 aliphatic heterocycles. The van der Waals surface area contributed by atoms with Crippen LogP contribution in [0.15, 0.2) is 5.29 Å². The monoisotopic (exact) mass is 313 g/mol. The number of aldehydes is 1. The van der Waals surface area contributed by atoms with Crippen molar-refractivity contribution >= 4 is 23.9 Å². The minimum Gasteiger partial charge on any atom is -0.394 e. The fourth-order valence-electron chi connectivity index (χ4n) is 1.22. The van der Waals surface area contributed by atoms with Crippen molar-refractivity contribution in [2.45, 2.75) is 24.4 Å². The molecule has 20 heavy (non-hydrogen) atoms. The Balaban J connectivity index is 4.72. The quantitative estimate of drug-likeness (QED) is 0.137. The second kappa shape index (κ2) is 9.55. The maximum atomic E-state index is 11.5. The van der Waals surface area contributed by atoms with E-state index in [1.54, 1.807) is 0 Å². The minimum absolute atomic E-state index is 0.0840. The van der Waals surface area contributed by atoms with Crippen LogP contribution >= 0.6 is 11.6 Å². The Bertz CT molecular complexity index is 333. The Morgan fingerprint density at radius 2 is 1.95 bits per heavy atom. The SMILES string of the molecule is O=C[C@@H](NC(=O)N(CCCl)N=O)[C@@H](O)[C@H](O)[C@H](O)CO. The van der Waals surface area contributed by atoms with Crippen LogP contribution in [0.25, 0.3) is 0 Å². The van der Waals surface area contributed by atoms with Crippen LogP contribution in [0.5, 0.6) is 0 Å². The molecule has 5 N–H and O–H groups in total. The number of urea groups is 1. The van der Waals surface area contributed by atoms with Crippen molar-refractivity contribution in [2.24, 2.45) is 5.29 Å². The first-order valence-electron chi connectivity index (χ1n) is 5.50. The van der Waals surface area contributed by atoms with Crippen LogP contribution in [-0.4, -0.2) is 81.1 Å². The summed E-state index contributed by atoms with van der Waals surface area (Å²) in [5, 5.41) is 41.4. The number of hydrogen-bond donors (Lipinski definition) is 5. The number of amides is 2. The van der Waals surface area contributed by atoms with E-state index in [1.165, 1.54) is 0 Å². The molecule has 0 fully saturated rings. The van der Waals surface area contributed by atoms with Crippen molar-refractivity contribution in [1.82, 2.24) is 10.3 Å². The summed E-state index contributed by atoms with van der Waals surface area (Å²) in [6.07, 6.45) is -5.36. The second-order valence-electron chi connectivity index (χ2n) is 3.74. The number of rotatable bonds is 9. The van der Waals surface area contributed by atoms with Gasteiger partial charge in [-0.3, -0.25) is 0 Å². The molecule has 2 amide bonds. The average Bonchev–Trinajstić information content (AvgIpc) is 2.47. The lowest BCUT2D eigenvalue weighted by Crippen LogP contribution is -2.55. The van der Waals surface area contributed by atoms with Gasteiger partial charge in [0, 0.05) is 5.88 Å². The summed E-state index contributed by atoms with van der Waals surface area (Å²) in [5.74, 6) is -0.0840. The van der Waals surface area contributed by atoms with Crippen molar-refractivity contribution in [1.29, 1.82) is 0 Å². The number of aliphatic hydroxyl groups excluding tert-OH is 4. The molecule has 0 saturated carbocycles. The molecular weight excluding hydrogens is 298 g/mol. The highest BCUT2D eigenvalue weighted by atomic mass is 35.5. The van der Waals surface area contributed by atoms with Gasteiger partial charge in [-0.05, 0) is 0 Å². The Hall–Kier alpha value is -1.33. The van der Waals surface area contributed by atoms with Gasteiger partial charge in [-0.15, -0.1) is 16.5 Å². The van der Waals surface area contributed by atoms with E-state index in [1.807, 2.05) is 5.32 Å². The molecule has 116 valence electrons. The number of hydrogen-bond acceptors (Lipinski definition) is 8. The van der Waals surface area contributed by atoms with E-state index in [4.69, 9.17) is 21.8 Å². The van der Waals surface area contributed by atoms with Crippen LogP contribution in [0.3, 0.4) is 0 Å². The molecule has 0 aliphatic rings. The number of carbonyl (C=O) groups is 2. The number of carbonyl (C=O) groups excluding carboxylic acids is 2. The molecule has 0 unspecified atom stereocenters. The highest BCUT2D eigenvalue weighted by Crippen LogP contribution is 2.05. The maximum absolute atomic E-state index is 11.5. The smallest absolute Gasteiger partial charge is 0.341 e. The molecular formula is C9H16ClN3O7. The lowest BCUT2D eigenvalue weighted by molar-refractivity contribution is -0.119. The fraction of sp³-hybridized carbons (Fsp3) is 0.778. The zero-order valence-corrected chi connectivity index (χ0v) is 11.0. The van der Waals surface area contributed by atoms with Gasteiger partial charge in [0.05, 0.1) is 18.4 Å². The molecule has 0 spiro atoms. The third-order valence-electron chi connectivity index (χ3n) is 2.37. The molecule has 0 aliphatic carbocycles. The van der Waals surface area contributed by atoms with E-state index in [0.29, 0.717) is 5.01 Å². The molecule has 0 aromatic heterocycles. The van der Waals surface area contributed by atoms with Crippen LogP contribution in [0.1, 0.15) is 0 Å². The zero-order chi connectivity index (χ0) is 15.7. The van der Waals surface area contributed by atoms with E-state index in [-0.39, 0.29) is 18.7 Å². The summed E-state index contributed by atoms with van der Waals surface area (Å²) in [4.78, 5) is 32.6. The van der Waals surface area contributed by atoms with Gasteiger partial charge in [-0.1, -0.05) is 0 Å². The van der Waals surface area contributed by atoms with Crippen LogP contribution < -0.4 is 5.32 Å². The molecule has 0 bridgehead atoms. The van der Waals surface area contributed by atoms with Gasteiger partial charge in [0.1, 0.15) is 30.6 Å². The first-order chi connectivity index (χ1) is 9.42. The summed E-state index contributed by atoms with van der Waals surface area (Å²) in [6, 6.07) is -2.72. The molecule has 11 heteroatoms. The van der Waals surface area contributed by atoms with Gasteiger partial charge in [0.15, 0.2) is 0 Å². The zero-order valence-electron chi connectivity index (χ0n) is 10.3. The lowest BCUT2D eigenvalue weighted by atomic mass is 10.0. The maximum Gasteiger partial charge on any atom is 0.341 e. The predicted molar refractivity (Wildman–Crippen MR) is 66.7 cm³/mol. The highest BCUT2D eigenvalue weighted by Gasteiger charge is 2.32. The summed E-state index contributed by atoms with van der Waals surface area (Å²) in [7, 11) is 0. The van der Waals surface area contributed by atoms with Crippen LogP contribution in [0, 0.1) is 4.91 Å². The van der Waals surface area contributed by atoms with Gasteiger partial charge in [-0.2, -0.15) is 5.01 Å². The van der Waals surface area contributed by atoms with Gasteiger partial charge in [0.25, 0.3) is 0 Å². The summed E-state index contributed by atoms with van der Waals surface area (Å²) >= 11 is 5.32. The Kier molecular flexibility index (Phi) is 8.92. The third-order valence-corrected chi connectivity index (χ3v) is 2.53. The van der Waals surface area contributed by atoms with Crippen LogP contribution in [0.4, 0.5) is 4.79 Å². The summed E-state index contributed by atoms with van der Waals surface area (Å²) < 4.78 is 0. The van der Waals surface area contributed by atoms with Crippen LogP contribution in [0.2, 0.25) is 0 Å². The summed E-state index contributed by atoms with van der Waals surface area (Å²) in [6.45, 7) is -1.08. The third kappa shape index (κ3) is 5.35. The molecule has 0 heterocycles. The van der Waals surface area contributed by atoms with E-state index in [2.05, 4.69) is 5.29 Å². The Morgan fingerprint density at radius 1 is 1.35 bits per heavy atom. The van der Waals surface area contributed by atoms with Crippen molar-refractivity contribution < 1.29 is 30.0 Å². The minimum atomic E-state index is -1.89. The van der Waals surface area contributed by atoms with Gasteiger partial charge in [-0.25, -0.2) is 4.79 Å². The number of nitrogens with zero attached hydrogens (tertiary/aromatic N) is 2.